The molecule has 9 heteroatoms. The van der Waals surface area contributed by atoms with Crippen LogP contribution in [-0.4, -0.2) is 67.8 Å². The molecular formula is C16H26N6O3. The van der Waals surface area contributed by atoms with Crippen LogP contribution in [0.4, 0.5) is 0 Å². The maximum absolute atomic E-state index is 12.2. The number of nitrogens with zero attached hydrogens (tertiary/aromatic N) is 5. The highest BCUT2D eigenvalue weighted by Crippen LogP contribution is 2.24. The van der Waals surface area contributed by atoms with Gasteiger partial charge < -0.3 is 15.3 Å². The number of tetrazole rings is 1. The van der Waals surface area contributed by atoms with Crippen molar-refractivity contribution in [1.29, 1.82) is 0 Å². The van der Waals surface area contributed by atoms with Crippen LogP contribution in [0.15, 0.2) is 6.33 Å². The Balaban J connectivity index is 1.42. The van der Waals surface area contributed by atoms with Crippen LogP contribution in [0.3, 0.4) is 0 Å². The Hall–Kier alpha value is -2.03. The zero-order valence-electron chi connectivity index (χ0n) is 14.4. The average Bonchev–Trinajstić information content (AvgIpc) is 3.14. The largest absolute Gasteiger partial charge is 0.391 e. The second kappa shape index (κ2) is 8.37. The Morgan fingerprint density at radius 2 is 2.00 bits per heavy atom. The van der Waals surface area contributed by atoms with Gasteiger partial charge in [-0.15, -0.1) is 5.10 Å². The molecule has 1 saturated heterocycles. The van der Waals surface area contributed by atoms with Gasteiger partial charge in [-0.25, -0.2) is 4.68 Å². The minimum atomic E-state index is -0.627. The van der Waals surface area contributed by atoms with E-state index >= 15 is 0 Å². The highest BCUT2D eigenvalue weighted by Gasteiger charge is 2.31. The van der Waals surface area contributed by atoms with Crippen molar-refractivity contribution in [1.82, 2.24) is 30.4 Å². The first-order valence-corrected chi connectivity index (χ1v) is 9.08. The topological polar surface area (TPSA) is 113 Å². The van der Waals surface area contributed by atoms with Gasteiger partial charge in [0, 0.05) is 31.5 Å². The van der Waals surface area contributed by atoms with E-state index in [9.17, 15) is 14.7 Å². The maximum atomic E-state index is 12.2. The summed E-state index contributed by atoms with van der Waals surface area (Å²) in [5, 5.41) is 24.0. The normalized spacial score (nSPS) is 24.9. The van der Waals surface area contributed by atoms with Crippen LogP contribution < -0.4 is 5.32 Å². The molecule has 0 aromatic carbocycles. The molecule has 2 heterocycles. The van der Waals surface area contributed by atoms with Crippen LogP contribution in [0, 0.1) is 11.8 Å². The number of nitrogens with one attached hydrogen (secondary N) is 1. The fraction of sp³-hybridized carbons (Fsp3) is 0.812. The van der Waals surface area contributed by atoms with Crippen molar-refractivity contribution in [2.45, 2.75) is 51.2 Å². The van der Waals surface area contributed by atoms with E-state index in [1.165, 1.54) is 17.4 Å². The summed E-state index contributed by atoms with van der Waals surface area (Å²) in [5.74, 6) is 0.119. The molecule has 0 spiro atoms. The van der Waals surface area contributed by atoms with Crippen molar-refractivity contribution in [3.05, 3.63) is 6.33 Å². The number of rotatable bonds is 5. The van der Waals surface area contributed by atoms with E-state index in [0.717, 1.165) is 25.7 Å². The zero-order valence-corrected chi connectivity index (χ0v) is 14.4. The number of β-amino-alcohol motifs (C(OH)–C–C–N with tert-alkyl or cyclic N) is 1. The van der Waals surface area contributed by atoms with Gasteiger partial charge in [0.1, 0.15) is 12.9 Å². The quantitative estimate of drug-likeness (QED) is 0.746. The molecule has 1 aliphatic carbocycles. The minimum absolute atomic E-state index is 0.00960. The van der Waals surface area contributed by atoms with E-state index in [4.69, 9.17) is 0 Å². The lowest BCUT2D eigenvalue weighted by Gasteiger charge is -2.36. The van der Waals surface area contributed by atoms with E-state index in [-0.39, 0.29) is 36.7 Å². The number of carbonyl (C=O) groups is 2. The van der Waals surface area contributed by atoms with E-state index < -0.39 is 6.10 Å². The molecule has 138 valence electrons. The number of aliphatic hydroxyl groups is 1. The number of aromatic nitrogens is 4. The van der Waals surface area contributed by atoms with Gasteiger partial charge in [0.05, 0.1) is 6.10 Å². The molecule has 2 amide bonds. The number of aliphatic hydroxyl groups excluding tert-OH is 1. The fourth-order valence-corrected chi connectivity index (χ4v) is 3.68. The summed E-state index contributed by atoms with van der Waals surface area (Å²) in [4.78, 5) is 26.1. The van der Waals surface area contributed by atoms with Crippen LogP contribution >= 0.6 is 0 Å². The van der Waals surface area contributed by atoms with Crippen molar-refractivity contribution in [2.24, 2.45) is 11.8 Å². The fourth-order valence-electron chi connectivity index (χ4n) is 3.68. The van der Waals surface area contributed by atoms with Crippen molar-refractivity contribution < 1.29 is 14.7 Å². The highest BCUT2D eigenvalue weighted by molar-refractivity contribution is 5.78. The highest BCUT2D eigenvalue weighted by atomic mass is 16.3. The summed E-state index contributed by atoms with van der Waals surface area (Å²) in [6.45, 7) is 1.40. The molecule has 0 bridgehead atoms. The molecule has 2 fully saturated rings. The lowest BCUT2D eigenvalue weighted by molar-refractivity contribution is -0.137. The van der Waals surface area contributed by atoms with Gasteiger partial charge in [0.25, 0.3) is 0 Å². The third-order valence-corrected chi connectivity index (χ3v) is 5.28. The monoisotopic (exact) mass is 350 g/mol. The average molecular weight is 350 g/mol. The van der Waals surface area contributed by atoms with E-state index in [1.54, 1.807) is 4.90 Å². The van der Waals surface area contributed by atoms with Crippen LogP contribution in [-0.2, 0) is 16.1 Å². The summed E-state index contributed by atoms with van der Waals surface area (Å²) in [6, 6.07) is 0. The summed E-state index contributed by atoms with van der Waals surface area (Å²) in [7, 11) is 0. The van der Waals surface area contributed by atoms with Crippen LogP contribution in [0.25, 0.3) is 0 Å². The predicted octanol–water partition coefficient (Wildman–Crippen LogP) is -0.421. The van der Waals surface area contributed by atoms with Crippen molar-refractivity contribution in [3.8, 4) is 0 Å². The summed E-state index contributed by atoms with van der Waals surface area (Å²) < 4.78 is 1.37. The van der Waals surface area contributed by atoms with Crippen LogP contribution in [0.5, 0.6) is 0 Å². The Morgan fingerprint density at radius 1 is 1.20 bits per heavy atom. The first kappa shape index (κ1) is 17.8. The number of piperidine rings is 1. The molecule has 9 nitrogen and oxygen atoms in total. The minimum Gasteiger partial charge on any atom is -0.391 e. The summed E-state index contributed by atoms with van der Waals surface area (Å²) >= 11 is 0. The Morgan fingerprint density at radius 3 is 2.68 bits per heavy atom. The number of hydrogen-bond acceptors (Lipinski definition) is 6. The third kappa shape index (κ3) is 4.75. The van der Waals surface area contributed by atoms with Crippen molar-refractivity contribution in [2.75, 3.05) is 19.6 Å². The molecule has 2 aliphatic rings. The Kier molecular flexibility index (Phi) is 5.95. The first-order valence-electron chi connectivity index (χ1n) is 9.08. The second-order valence-electron chi connectivity index (χ2n) is 7.04. The SMILES string of the molecule is O=C(NC[C@@H]1CCN(C(=O)Cn2cnnn2)C[C@H]1O)C1CCCCC1. The molecular weight excluding hydrogens is 324 g/mol. The molecule has 1 saturated carbocycles. The maximum Gasteiger partial charge on any atom is 0.244 e. The van der Waals surface area contributed by atoms with Crippen molar-refractivity contribution in [3.63, 3.8) is 0 Å². The smallest absolute Gasteiger partial charge is 0.244 e. The zero-order chi connectivity index (χ0) is 17.6. The molecule has 25 heavy (non-hydrogen) atoms. The van der Waals surface area contributed by atoms with E-state index in [0.29, 0.717) is 19.5 Å². The lowest BCUT2D eigenvalue weighted by atomic mass is 9.88. The van der Waals surface area contributed by atoms with Gasteiger partial charge in [-0.3, -0.25) is 9.59 Å². The van der Waals surface area contributed by atoms with Crippen LogP contribution in [0.1, 0.15) is 38.5 Å². The van der Waals surface area contributed by atoms with E-state index in [2.05, 4.69) is 20.8 Å². The van der Waals surface area contributed by atoms with Gasteiger partial charge in [0.15, 0.2) is 0 Å². The number of carbonyl (C=O) groups excluding carboxylic acids is 2. The third-order valence-electron chi connectivity index (χ3n) is 5.28. The van der Waals surface area contributed by atoms with Gasteiger partial charge in [-0.2, -0.15) is 0 Å². The van der Waals surface area contributed by atoms with Gasteiger partial charge in [0.2, 0.25) is 11.8 Å². The molecule has 1 aromatic rings. The van der Waals surface area contributed by atoms with E-state index in [1.807, 2.05) is 0 Å². The summed E-state index contributed by atoms with van der Waals surface area (Å²) in [6.07, 6.45) is 6.86. The van der Waals surface area contributed by atoms with Crippen LogP contribution in [0.2, 0.25) is 0 Å². The number of amides is 2. The molecule has 1 aliphatic heterocycles. The van der Waals surface area contributed by atoms with Crippen molar-refractivity contribution >= 4 is 11.8 Å². The molecule has 0 radical (unpaired) electrons. The molecule has 1 aromatic heterocycles. The molecule has 2 N–H and O–H groups in total. The molecule has 3 rings (SSSR count). The first-order chi connectivity index (χ1) is 12.1. The number of likely N-dealkylation sites (tertiary alicyclic amines) is 1. The second-order valence-corrected chi connectivity index (χ2v) is 7.04. The Labute approximate surface area is 146 Å². The standard InChI is InChI=1S/C16H26N6O3/c23-14-9-21(15(24)10-22-11-18-19-20-22)7-6-13(14)8-17-16(25)12-4-2-1-3-5-12/h11-14,23H,1-10H2,(H,17,25)/t13-,14+/m0/s1. The van der Waals surface area contributed by atoms with Gasteiger partial charge in [-0.1, -0.05) is 19.3 Å². The Bertz CT molecular complexity index is 572. The van der Waals surface area contributed by atoms with Gasteiger partial charge >= 0.3 is 0 Å². The summed E-state index contributed by atoms with van der Waals surface area (Å²) in [5.41, 5.74) is 0. The predicted molar refractivity (Wildman–Crippen MR) is 88.1 cm³/mol. The molecule has 0 unspecified atom stereocenters. The number of hydrogen-bond donors (Lipinski definition) is 2. The molecule has 2 atom stereocenters. The van der Waals surface area contributed by atoms with Gasteiger partial charge in [-0.05, 0) is 29.7 Å². The lowest BCUT2D eigenvalue weighted by Crippen LogP contribution is -2.50.